The number of imidazole rings is 1. The Balaban J connectivity index is 2.59. The first-order valence-electron chi connectivity index (χ1n) is 3.05. The number of hydrogen-bond donors (Lipinski definition) is 2. The SMILES string of the molecule is O=C1NC[N+](=O)c2nc[nH]c21. The van der Waals surface area contributed by atoms with Crippen LogP contribution in [0, 0.1) is 4.91 Å². The van der Waals surface area contributed by atoms with Crippen molar-refractivity contribution in [2.24, 2.45) is 0 Å². The molecule has 0 unspecified atom stereocenters. The Morgan fingerprint density at radius 1 is 1.64 bits per heavy atom. The Morgan fingerprint density at radius 3 is 3.18 bits per heavy atom. The lowest BCUT2D eigenvalue weighted by atomic mass is 10.3. The molecule has 6 nitrogen and oxygen atoms in total. The van der Waals surface area contributed by atoms with Gasteiger partial charge in [0.05, 0.1) is 0 Å². The topological polar surface area (TPSA) is 77.9 Å². The summed E-state index contributed by atoms with van der Waals surface area (Å²) in [5, 5.41) is 2.38. The van der Waals surface area contributed by atoms with Gasteiger partial charge in [-0.1, -0.05) is 4.91 Å². The van der Waals surface area contributed by atoms with Gasteiger partial charge < -0.3 is 10.3 Å². The fourth-order valence-electron chi connectivity index (χ4n) is 0.950. The van der Waals surface area contributed by atoms with E-state index >= 15 is 0 Å². The third-order valence-electron chi connectivity index (χ3n) is 1.47. The van der Waals surface area contributed by atoms with Crippen LogP contribution in [-0.2, 0) is 0 Å². The molecule has 2 rings (SSSR count). The van der Waals surface area contributed by atoms with Crippen molar-refractivity contribution in [3.8, 4) is 0 Å². The summed E-state index contributed by atoms with van der Waals surface area (Å²) in [6.45, 7) is -0.0311. The number of nitroso groups, excluding NO2 is 1. The smallest absolute Gasteiger partial charge is 0.314 e. The van der Waals surface area contributed by atoms with E-state index in [1.165, 1.54) is 6.33 Å². The summed E-state index contributed by atoms with van der Waals surface area (Å²) in [5.41, 5.74) is 0.228. The van der Waals surface area contributed by atoms with Crippen molar-refractivity contribution in [2.75, 3.05) is 6.67 Å². The van der Waals surface area contributed by atoms with Gasteiger partial charge in [0.25, 0.3) is 5.91 Å². The first-order chi connectivity index (χ1) is 5.29. The summed E-state index contributed by atoms with van der Waals surface area (Å²) in [5.74, 6) is -0.127. The molecule has 11 heavy (non-hydrogen) atoms. The average Bonchev–Trinajstić information content (AvgIpc) is 2.45. The Kier molecular flexibility index (Phi) is 1.03. The lowest BCUT2D eigenvalue weighted by Gasteiger charge is -2.03. The van der Waals surface area contributed by atoms with Crippen LogP contribution >= 0.6 is 0 Å². The number of hydrogen-bond acceptors (Lipinski definition) is 3. The van der Waals surface area contributed by atoms with E-state index in [-0.39, 0.29) is 24.1 Å². The molecule has 1 aromatic heterocycles. The van der Waals surface area contributed by atoms with Gasteiger partial charge in [0.2, 0.25) is 18.7 Å². The van der Waals surface area contributed by atoms with Crippen molar-refractivity contribution >= 4 is 11.7 Å². The molecule has 0 saturated heterocycles. The molecule has 0 aromatic carbocycles. The molecule has 2 heterocycles. The van der Waals surface area contributed by atoms with E-state index < -0.39 is 0 Å². The van der Waals surface area contributed by atoms with Crippen molar-refractivity contribution in [3.05, 3.63) is 16.9 Å². The predicted octanol–water partition coefficient (Wildman–Crippen LogP) is -0.479. The normalized spacial score (nSPS) is 16.0. The number of aromatic amines is 1. The van der Waals surface area contributed by atoms with E-state index in [1.807, 2.05) is 0 Å². The number of nitrogens with one attached hydrogen (secondary N) is 2. The summed E-state index contributed by atoms with van der Waals surface area (Å²) in [6.07, 6.45) is 1.32. The summed E-state index contributed by atoms with van der Waals surface area (Å²) in [4.78, 5) is 28.1. The van der Waals surface area contributed by atoms with Crippen LogP contribution in [-0.4, -0.2) is 27.3 Å². The number of fused-ring (bicyclic) bond motifs is 1. The molecule has 0 spiro atoms. The second kappa shape index (κ2) is 1.88. The second-order valence-corrected chi connectivity index (χ2v) is 2.14. The van der Waals surface area contributed by atoms with Crippen molar-refractivity contribution in [1.82, 2.24) is 15.3 Å². The van der Waals surface area contributed by atoms with E-state index in [1.54, 1.807) is 0 Å². The number of carbonyl (C=O) groups excluding carboxylic acids is 1. The molecule has 1 aliphatic heterocycles. The number of nitrogens with zero attached hydrogens (tertiary/aromatic N) is 2. The molecule has 0 aliphatic carbocycles. The Labute approximate surface area is 61.2 Å². The Hall–Kier alpha value is -1.72. The van der Waals surface area contributed by atoms with Gasteiger partial charge in [-0.15, -0.1) is 0 Å². The number of aromatic nitrogens is 2. The van der Waals surface area contributed by atoms with Gasteiger partial charge in [0.15, 0.2) is 0 Å². The third kappa shape index (κ3) is 0.721. The van der Waals surface area contributed by atoms with Crippen molar-refractivity contribution in [2.45, 2.75) is 0 Å². The summed E-state index contributed by atoms with van der Waals surface area (Å²) >= 11 is 0. The number of amides is 1. The molecule has 1 aromatic rings. The van der Waals surface area contributed by atoms with E-state index in [0.29, 0.717) is 4.76 Å². The fraction of sp³-hybridized carbons (Fsp3) is 0.200. The van der Waals surface area contributed by atoms with Crippen molar-refractivity contribution in [1.29, 1.82) is 0 Å². The van der Waals surface area contributed by atoms with Crippen molar-refractivity contribution in [3.63, 3.8) is 0 Å². The predicted molar refractivity (Wildman–Crippen MR) is 34.2 cm³/mol. The van der Waals surface area contributed by atoms with Crippen LogP contribution in [0.2, 0.25) is 0 Å². The third-order valence-corrected chi connectivity index (χ3v) is 1.47. The number of carbonyl (C=O) groups is 1. The van der Waals surface area contributed by atoms with Gasteiger partial charge in [0.1, 0.15) is 0 Å². The second-order valence-electron chi connectivity index (χ2n) is 2.14. The maximum absolute atomic E-state index is 10.9. The zero-order chi connectivity index (χ0) is 7.84. The molecule has 0 saturated carbocycles. The molecule has 1 aliphatic rings. The first-order valence-corrected chi connectivity index (χ1v) is 3.05. The van der Waals surface area contributed by atoms with E-state index in [4.69, 9.17) is 0 Å². The van der Waals surface area contributed by atoms with Crippen LogP contribution in [0.1, 0.15) is 10.5 Å². The van der Waals surface area contributed by atoms with Crippen LogP contribution in [0.15, 0.2) is 6.33 Å². The van der Waals surface area contributed by atoms with Gasteiger partial charge in [0, 0.05) is 4.76 Å². The Morgan fingerprint density at radius 2 is 2.45 bits per heavy atom. The van der Waals surface area contributed by atoms with Crippen molar-refractivity contribution < 1.29 is 9.55 Å². The van der Waals surface area contributed by atoms with Crippen LogP contribution in [0.3, 0.4) is 0 Å². The summed E-state index contributed by atoms with van der Waals surface area (Å²) in [7, 11) is 0. The van der Waals surface area contributed by atoms with Crippen LogP contribution in [0.5, 0.6) is 0 Å². The Bertz CT molecular complexity index is 298. The standard InChI is InChI=1S/C5H4N4O2/c10-5-3-4(7-1-6-3)9(11)2-8-5/h1H,2H2,(H-,6,7,8,10,11)/p+1. The van der Waals surface area contributed by atoms with E-state index in [9.17, 15) is 9.70 Å². The highest BCUT2D eigenvalue weighted by molar-refractivity contribution is 5.96. The van der Waals surface area contributed by atoms with Gasteiger partial charge in [-0.3, -0.25) is 4.79 Å². The molecule has 0 bridgehead atoms. The molecular formula is C5H5N4O2+. The van der Waals surface area contributed by atoms with Gasteiger partial charge in [-0.25, -0.2) is 0 Å². The zero-order valence-electron chi connectivity index (χ0n) is 5.50. The quantitative estimate of drug-likeness (QED) is 0.494. The van der Waals surface area contributed by atoms with Crippen LogP contribution in [0.25, 0.3) is 0 Å². The lowest BCUT2D eigenvalue weighted by Crippen LogP contribution is -2.35. The highest BCUT2D eigenvalue weighted by Gasteiger charge is 2.31. The average molecular weight is 153 g/mol. The lowest BCUT2D eigenvalue weighted by molar-refractivity contribution is -0.473. The fourth-order valence-corrected chi connectivity index (χ4v) is 0.950. The molecule has 56 valence electrons. The van der Waals surface area contributed by atoms with Crippen LogP contribution < -0.4 is 5.32 Å². The minimum atomic E-state index is -0.287. The number of H-pyrrole nitrogens is 1. The minimum Gasteiger partial charge on any atom is -0.314 e. The molecule has 6 heteroatoms. The highest BCUT2D eigenvalue weighted by Crippen LogP contribution is 2.14. The minimum absolute atomic E-state index is 0.0311. The van der Waals surface area contributed by atoms with E-state index in [2.05, 4.69) is 15.3 Å². The first kappa shape index (κ1) is 6.02. The van der Waals surface area contributed by atoms with Gasteiger partial charge >= 0.3 is 5.82 Å². The molecule has 0 fully saturated rings. The summed E-state index contributed by atoms with van der Waals surface area (Å²) in [6, 6.07) is 0. The zero-order valence-corrected chi connectivity index (χ0v) is 5.50. The maximum atomic E-state index is 10.9. The van der Waals surface area contributed by atoms with E-state index in [0.717, 1.165) is 0 Å². The molecule has 0 radical (unpaired) electrons. The monoisotopic (exact) mass is 153 g/mol. The molecule has 1 amide bonds. The molecule has 2 N–H and O–H groups in total. The van der Waals surface area contributed by atoms with Gasteiger partial charge in [-0.05, 0) is 4.98 Å². The van der Waals surface area contributed by atoms with Gasteiger partial charge in [-0.2, -0.15) is 0 Å². The highest BCUT2D eigenvalue weighted by atomic mass is 16.3. The number of rotatable bonds is 0. The largest absolute Gasteiger partial charge is 0.394 e. The maximum Gasteiger partial charge on any atom is 0.394 e. The molecule has 0 atom stereocenters. The molecular weight excluding hydrogens is 148 g/mol. The summed E-state index contributed by atoms with van der Waals surface area (Å²) < 4.78 is 0.618. The van der Waals surface area contributed by atoms with Crippen LogP contribution in [0.4, 0.5) is 5.82 Å².